The predicted molar refractivity (Wildman–Crippen MR) is 67.0 cm³/mol. The van der Waals surface area contributed by atoms with Gasteiger partial charge in [0, 0.05) is 12.6 Å². The van der Waals surface area contributed by atoms with Crippen molar-refractivity contribution in [2.45, 2.75) is 66.0 Å². The van der Waals surface area contributed by atoms with E-state index in [2.05, 4.69) is 39.9 Å². The van der Waals surface area contributed by atoms with Gasteiger partial charge >= 0.3 is 0 Å². The van der Waals surface area contributed by atoms with E-state index in [1.807, 2.05) is 6.92 Å². The molecule has 0 bridgehead atoms. The Labute approximate surface area is 95.5 Å². The van der Waals surface area contributed by atoms with Crippen LogP contribution >= 0.6 is 0 Å². The maximum Gasteiger partial charge on any atom is 0.0743 e. The summed E-state index contributed by atoms with van der Waals surface area (Å²) in [6, 6.07) is 0.468. The van der Waals surface area contributed by atoms with Crippen LogP contribution in [0.25, 0.3) is 0 Å². The molecule has 2 nitrogen and oxygen atoms in total. The summed E-state index contributed by atoms with van der Waals surface area (Å²) in [4.78, 5) is 0. The van der Waals surface area contributed by atoms with E-state index in [4.69, 9.17) is 0 Å². The molecule has 92 valence electrons. The average Bonchev–Trinajstić information content (AvgIpc) is 2.11. The highest BCUT2D eigenvalue weighted by Gasteiger charge is 2.21. The lowest BCUT2D eigenvalue weighted by atomic mass is 9.94. The fraction of sp³-hybridized carbons (Fsp3) is 1.00. The predicted octanol–water partition coefficient (Wildman–Crippen LogP) is 2.81. The van der Waals surface area contributed by atoms with Gasteiger partial charge in [-0.05, 0) is 38.5 Å². The highest BCUT2D eigenvalue weighted by molar-refractivity contribution is 4.78. The minimum absolute atomic E-state index is 0.468. The van der Waals surface area contributed by atoms with Crippen LogP contribution in [0.2, 0.25) is 0 Å². The molecule has 0 saturated heterocycles. The van der Waals surface area contributed by atoms with Crippen molar-refractivity contribution in [3.63, 3.8) is 0 Å². The van der Waals surface area contributed by atoms with Gasteiger partial charge in [-0.25, -0.2) is 0 Å². The van der Waals surface area contributed by atoms with Crippen LogP contribution in [0.3, 0.4) is 0 Å². The Balaban J connectivity index is 3.82. The van der Waals surface area contributed by atoms with Crippen molar-refractivity contribution in [1.29, 1.82) is 0 Å². The Morgan fingerprint density at radius 1 is 1.13 bits per heavy atom. The second-order valence-electron chi connectivity index (χ2n) is 5.84. The summed E-state index contributed by atoms with van der Waals surface area (Å²) in [6.07, 6.45) is 1.97. The van der Waals surface area contributed by atoms with E-state index < -0.39 is 5.60 Å². The van der Waals surface area contributed by atoms with Crippen LogP contribution in [0.4, 0.5) is 0 Å². The topological polar surface area (TPSA) is 32.3 Å². The van der Waals surface area contributed by atoms with Gasteiger partial charge in [-0.3, -0.25) is 0 Å². The van der Waals surface area contributed by atoms with Crippen LogP contribution < -0.4 is 5.32 Å². The average molecular weight is 215 g/mol. The second kappa shape index (κ2) is 6.49. The highest BCUT2D eigenvalue weighted by atomic mass is 16.3. The first-order chi connectivity index (χ1) is 6.74. The Morgan fingerprint density at radius 2 is 1.67 bits per heavy atom. The Hall–Kier alpha value is -0.0800. The molecule has 0 aliphatic carbocycles. The summed E-state index contributed by atoms with van der Waals surface area (Å²) in [5.74, 6) is 1.28. The largest absolute Gasteiger partial charge is 0.389 e. The van der Waals surface area contributed by atoms with Gasteiger partial charge in [0.1, 0.15) is 0 Å². The standard InChI is InChI=1S/C13H29NO/c1-10(2)7-8-13(6,15)9-14-12(5)11(3)4/h10-12,14-15H,7-9H2,1-6H3. The van der Waals surface area contributed by atoms with Gasteiger partial charge in [0.25, 0.3) is 0 Å². The third kappa shape index (κ3) is 7.80. The zero-order chi connectivity index (χ0) is 12.1. The van der Waals surface area contributed by atoms with E-state index >= 15 is 0 Å². The van der Waals surface area contributed by atoms with E-state index in [0.717, 1.165) is 12.8 Å². The van der Waals surface area contributed by atoms with Gasteiger partial charge < -0.3 is 10.4 Å². The van der Waals surface area contributed by atoms with E-state index in [1.54, 1.807) is 0 Å². The lowest BCUT2D eigenvalue weighted by Crippen LogP contribution is -2.43. The van der Waals surface area contributed by atoms with Crippen LogP contribution in [0, 0.1) is 11.8 Å². The Morgan fingerprint density at radius 3 is 2.07 bits per heavy atom. The summed E-state index contributed by atoms with van der Waals surface area (Å²) < 4.78 is 0. The molecule has 2 N–H and O–H groups in total. The summed E-state index contributed by atoms with van der Waals surface area (Å²) in [5, 5.41) is 13.5. The minimum atomic E-state index is -0.562. The van der Waals surface area contributed by atoms with E-state index in [-0.39, 0.29) is 0 Å². The van der Waals surface area contributed by atoms with Crippen molar-refractivity contribution in [1.82, 2.24) is 5.32 Å². The van der Waals surface area contributed by atoms with E-state index in [0.29, 0.717) is 24.4 Å². The van der Waals surface area contributed by atoms with Crippen molar-refractivity contribution >= 4 is 0 Å². The Kier molecular flexibility index (Phi) is 6.46. The maximum absolute atomic E-state index is 10.1. The third-order valence-corrected chi connectivity index (χ3v) is 3.07. The second-order valence-corrected chi connectivity index (χ2v) is 5.84. The molecule has 0 aromatic carbocycles. The molecule has 0 aliphatic rings. The molecule has 0 saturated carbocycles. The fourth-order valence-corrected chi connectivity index (χ4v) is 1.30. The third-order valence-electron chi connectivity index (χ3n) is 3.07. The zero-order valence-corrected chi connectivity index (χ0v) is 11.3. The van der Waals surface area contributed by atoms with Crippen molar-refractivity contribution < 1.29 is 5.11 Å². The van der Waals surface area contributed by atoms with Crippen LogP contribution in [0.5, 0.6) is 0 Å². The molecular weight excluding hydrogens is 186 g/mol. The Bertz CT molecular complexity index is 164. The van der Waals surface area contributed by atoms with Gasteiger partial charge in [0.15, 0.2) is 0 Å². The van der Waals surface area contributed by atoms with Crippen LogP contribution in [0.15, 0.2) is 0 Å². The molecule has 0 rings (SSSR count). The lowest BCUT2D eigenvalue weighted by molar-refractivity contribution is 0.0416. The number of hydrogen-bond donors (Lipinski definition) is 2. The van der Waals surface area contributed by atoms with E-state index in [9.17, 15) is 5.11 Å². The molecular formula is C13H29NO. The van der Waals surface area contributed by atoms with Gasteiger partial charge in [0.2, 0.25) is 0 Å². The fourth-order valence-electron chi connectivity index (χ4n) is 1.30. The van der Waals surface area contributed by atoms with Crippen molar-refractivity contribution in [2.24, 2.45) is 11.8 Å². The van der Waals surface area contributed by atoms with Gasteiger partial charge in [-0.15, -0.1) is 0 Å². The number of hydrogen-bond acceptors (Lipinski definition) is 2. The molecule has 0 fully saturated rings. The summed E-state index contributed by atoms with van der Waals surface area (Å²) in [6.45, 7) is 13.6. The highest BCUT2D eigenvalue weighted by Crippen LogP contribution is 2.16. The van der Waals surface area contributed by atoms with Gasteiger partial charge in [-0.1, -0.05) is 27.7 Å². The normalized spacial score (nSPS) is 18.2. The monoisotopic (exact) mass is 215 g/mol. The molecule has 2 heteroatoms. The first kappa shape index (κ1) is 14.9. The zero-order valence-electron chi connectivity index (χ0n) is 11.3. The van der Waals surface area contributed by atoms with Crippen molar-refractivity contribution in [2.75, 3.05) is 6.54 Å². The van der Waals surface area contributed by atoms with Crippen LogP contribution in [-0.2, 0) is 0 Å². The molecule has 0 amide bonds. The SMILES string of the molecule is CC(C)CCC(C)(O)CNC(C)C(C)C. The molecule has 0 heterocycles. The molecule has 0 aliphatic heterocycles. The van der Waals surface area contributed by atoms with Crippen LogP contribution in [0.1, 0.15) is 54.4 Å². The molecule has 15 heavy (non-hydrogen) atoms. The first-order valence-corrected chi connectivity index (χ1v) is 6.20. The number of rotatable bonds is 7. The van der Waals surface area contributed by atoms with Crippen molar-refractivity contribution in [3.8, 4) is 0 Å². The summed E-state index contributed by atoms with van der Waals surface area (Å²) >= 11 is 0. The maximum atomic E-state index is 10.1. The number of nitrogens with one attached hydrogen (secondary N) is 1. The quantitative estimate of drug-likeness (QED) is 0.684. The first-order valence-electron chi connectivity index (χ1n) is 6.20. The molecule has 2 atom stereocenters. The smallest absolute Gasteiger partial charge is 0.0743 e. The van der Waals surface area contributed by atoms with Crippen molar-refractivity contribution in [3.05, 3.63) is 0 Å². The minimum Gasteiger partial charge on any atom is -0.389 e. The van der Waals surface area contributed by atoms with E-state index in [1.165, 1.54) is 0 Å². The molecule has 0 aromatic heterocycles. The summed E-state index contributed by atoms with van der Waals surface area (Å²) in [7, 11) is 0. The molecule has 2 unspecified atom stereocenters. The van der Waals surface area contributed by atoms with Gasteiger partial charge in [0.05, 0.1) is 5.60 Å². The van der Waals surface area contributed by atoms with Gasteiger partial charge in [-0.2, -0.15) is 0 Å². The molecule has 0 radical (unpaired) electrons. The summed E-state index contributed by atoms with van der Waals surface area (Å²) in [5.41, 5.74) is -0.562. The lowest BCUT2D eigenvalue weighted by Gasteiger charge is -2.28. The van der Waals surface area contributed by atoms with Crippen LogP contribution in [-0.4, -0.2) is 23.3 Å². The number of aliphatic hydroxyl groups is 1. The molecule has 0 spiro atoms. The molecule has 0 aromatic rings.